The van der Waals surface area contributed by atoms with Gasteiger partial charge in [-0.1, -0.05) is 5.16 Å². The van der Waals surface area contributed by atoms with Crippen molar-refractivity contribution in [2.45, 2.75) is 19.6 Å². The van der Waals surface area contributed by atoms with Crippen LogP contribution in [0.15, 0.2) is 10.6 Å². The molecule has 2 aromatic heterocycles. The molecule has 1 N–H and O–H groups in total. The van der Waals surface area contributed by atoms with Crippen LogP contribution in [0.1, 0.15) is 16.7 Å². The molecule has 1 aliphatic heterocycles. The minimum Gasteiger partial charge on any atom is -0.433 e. The van der Waals surface area contributed by atoms with Crippen LogP contribution in [0.25, 0.3) is 10.8 Å². The van der Waals surface area contributed by atoms with Crippen molar-refractivity contribution in [2.75, 3.05) is 26.7 Å². The van der Waals surface area contributed by atoms with Gasteiger partial charge in [-0.3, -0.25) is 4.90 Å². The van der Waals surface area contributed by atoms with Crippen LogP contribution in [0.3, 0.4) is 0 Å². The number of aromatic nitrogens is 2. The van der Waals surface area contributed by atoms with Crippen LogP contribution >= 0.6 is 11.3 Å². The monoisotopic (exact) mass is 330 g/mol. The molecule has 1 atom stereocenters. The number of likely N-dealkylation sites (N-methyl/N-ethyl adjacent to an activating group) is 1. The second-order valence-corrected chi connectivity index (χ2v) is 6.34. The van der Waals surface area contributed by atoms with Crippen molar-refractivity contribution in [3.8, 4) is 16.5 Å². The minimum atomic E-state index is -2.89. The molecular formula is C13H16F2N4O2S. The summed E-state index contributed by atoms with van der Waals surface area (Å²) >= 11 is 1.29. The Labute approximate surface area is 130 Å². The fourth-order valence-corrected chi connectivity index (χ4v) is 3.25. The summed E-state index contributed by atoms with van der Waals surface area (Å²) in [5.74, 6) is 0.823. The van der Waals surface area contributed by atoms with E-state index in [1.165, 1.54) is 11.3 Å². The summed E-state index contributed by atoms with van der Waals surface area (Å²) < 4.78 is 34.7. The van der Waals surface area contributed by atoms with Gasteiger partial charge in [0.2, 0.25) is 0 Å². The van der Waals surface area contributed by atoms with Gasteiger partial charge in [0.25, 0.3) is 5.89 Å². The lowest BCUT2D eigenvalue weighted by atomic mass is 10.2. The first kappa shape index (κ1) is 15.3. The molecule has 120 valence electrons. The molecule has 0 bridgehead atoms. The van der Waals surface area contributed by atoms with Crippen LogP contribution < -0.4 is 10.1 Å². The topological polar surface area (TPSA) is 63.4 Å². The van der Waals surface area contributed by atoms with Gasteiger partial charge in [0, 0.05) is 24.5 Å². The maximum Gasteiger partial charge on any atom is 0.387 e. The number of nitrogens with zero attached hydrogens (tertiary/aromatic N) is 3. The normalized spacial score (nSPS) is 19.8. The molecule has 1 saturated heterocycles. The Morgan fingerprint density at radius 2 is 2.36 bits per heavy atom. The predicted octanol–water partition coefficient (Wildman–Crippen LogP) is 2.28. The van der Waals surface area contributed by atoms with Crippen LogP contribution in [0.5, 0.6) is 5.75 Å². The van der Waals surface area contributed by atoms with Crippen molar-refractivity contribution in [3.63, 3.8) is 0 Å². The Balaban J connectivity index is 1.87. The maximum absolute atomic E-state index is 12.5. The highest BCUT2D eigenvalue weighted by Crippen LogP contribution is 2.38. The van der Waals surface area contributed by atoms with E-state index in [9.17, 15) is 8.78 Å². The molecule has 6 nitrogen and oxygen atoms in total. The molecule has 3 rings (SSSR count). The summed E-state index contributed by atoms with van der Waals surface area (Å²) in [6.07, 6.45) is 0. The fourth-order valence-electron chi connectivity index (χ4n) is 2.38. The molecule has 0 amide bonds. The van der Waals surface area contributed by atoms with Crippen molar-refractivity contribution in [3.05, 3.63) is 16.8 Å². The van der Waals surface area contributed by atoms with Crippen LogP contribution in [0.2, 0.25) is 0 Å². The molecule has 0 radical (unpaired) electrons. The number of thiophene rings is 1. The fraction of sp³-hybridized carbons (Fsp3) is 0.538. The van der Waals surface area contributed by atoms with Gasteiger partial charge in [-0.2, -0.15) is 13.8 Å². The Morgan fingerprint density at radius 1 is 1.55 bits per heavy atom. The van der Waals surface area contributed by atoms with Crippen LogP contribution in [0, 0.1) is 6.92 Å². The van der Waals surface area contributed by atoms with E-state index in [1.807, 2.05) is 14.0 Å². The summed E-state index contributed by atoms with van der Waals surface area (Å²) in [4.78, 5) is 7.76. The molecule has 1 unspecified atom stereocenters. The number of rotatable bonds is 4. The largest absolute Gasteiger partial charge is 0.433 e. The smallest absolute Gasteiger partial charge is 0.387 e. The van der Waals surface area contributed by atoms with Crippen molar-refractivity contribution in [2.24, 2.45) is 0 Å². The molecule has 9 heteroatoms. The van der Waals surface area contributed by atoms with E-state index < -0.39 is 6.61 Å². The summed E-state index contributed by atoms with van der Waals surface area (Å²) in [7, 11) is 1.99. The maximum atomic E-state index is 12.5. The Bertz CT molecular complexity index is 646. The van der Waals surface area contributed by atoms with Gasteiger partial charge in [0.05, 0.1) is 6.04 Å². The van der Waals surface area contributed by atoms with E-state index in [0.717, 1.165) is 24.5 Å². The number of aryl methyl sites for hydroxylation is 1. The van der Waals surface area contributed by atoms with Gasteiger partial charge in [0.1, 0.15) is 10.6 Å². The second-order valence-electron chi connectivity index (χ2n) is 5.09. The summed E-state index contributed by atoms with van der Waals surface area (Å²) in [6, 6.07) is 1.55. The number of alkyl halides is 2. The van der Waals surface area contributed by atoms with E-state index >= 15 is 0 Å². The summed E-state index contributed by atoms with van der Waals surface area (Å²) in [6.45, 7) is 1.44. The van der Waals surface area contributed by atoms with Gasteiger partial charge in [-0.05, 0) is 20.0 Å². The van der Waals surface area contributed by atoms with Crippen molar-refractivity contribution < 1.29 is 18.0 Å². The lowest BCUT2D eigenvalue weighted by molar-refractivity contribution is -0.0492. The summed E-state index contributed by atoms with van der Waals surface area (Å²) in [5.41, 5.74) is 0. The van der Waals surface area contributed by atoms with E-state index in [-0.39, 0.29) is 17.7 Å². The van der Waals surface area contributed by atoms with Crippen LogP contribution in [-0.4, -0.2) is 48.3 Å². The lowest BCUT2D eigenvalue weighted by Crippen LogP contribution is -2.44. The first-order valence-electron chi connectivity index (χ1n) is 6.85. The number of piperazine rings is 1. The quantitative estimate of drug-likeness (QED) is 0.928. The molecular weight excluding hydrogens is 314 g/mol. The Morgan fingerprint density at radius 3 is 3.09 bits per heavy atom. The van der Waals surface area contributed by atoms with Crippen molar-refractivity contribution in [1.82, 2.24) is 20.4 Å². The molecule has 0 aromatic carbocycles. The molecule has 0 saturated carbocycles. The molecule has 1 fully saturated rings. The van der Waals surface area contributed by atoms with Crippen LogP contribution in [-0.2, 0) is 0 Å². The standard InChI is InChI=1S/C13H16F2N4O2S/c1-7-5-9(20-13(14)15)10(22-7)12-17-11(18-21-12)8-6-16-3-4-19(8)2/h5,8,13,16H,3-4,6H2,1-2H3. The average molecular weight is 330 g/mol. The summed E-state index contributed by atoms with van der Waals surface area (Å²) in [5, 5.41) is 7.26. The van der Waals surface area contributed by atoms with Gasteiger partial charge in [-0.15, -0.1) is 11.3 Å². The molecule has 3 heterocycles. The number of halogens is 2. The molecule has 1 aliphatic rings. The third kappa shape index (κ3) is 3.11. The highest BCUT2D eigenvalue weighted by Gasteiger charge is 2.27. The van der Waals surface area contributed by atoms with Crippen molar-refractivity contribution in [1.29, 1.82) is 0 Å². The zero-order valence-electron chi connectivity index (χ0n) is 12.2. The third-order valence-electron chi connectivity index (χ3n) is 3.48. The Hall–Kier alpha value is -1.58. The highest BCUT2D eigenvalue weighted by atomic mass is 32.1. The number of nitrogens with one attached hydrogen (secondary N) is 1. The van der Waals surface area contributed by atoms with E-state index in [2.05, 4.69) is 25.1 Å². The number of ether oxygens (including phenoxy) is 1. The van der Waals surface area contributed by atoms with E-state index in [0.29, 0.717) is 10.7 Å². The molecule has 0 aliphatic carbocycles. The Kier molecular flexibility index (Phi) is 4.37. The van der Waals surface area contributed by atoms with Gasteiger partial charge in [0.15, 0.2) is 5.82 Å². The zero-order chi connectivity index (χ0) is 15.7. The van der Waals surface area contributed by atoms with E-state index in [1.54, 1.807) is 6.07 Å². The zero-order valence-corrected chi connectivity index (χ0v) is 13.0. The molecule has 2 aromatic rings. The van der Waals surface area contributed by atoms with E-state index in [4.69, 9.17) is 4.52 Å². The van der Waals surface area contributed by atoms with Gasteiger partial charge in [-0.25, -0.2) is 0 Å². The number of hydrogen-bond donors (Lipinski definition) is 1. The number of hydrogen-bond acceptors (Lipinski definition) is 7. The lowest BCUT2D eigenvalue weighted by Gasteiger charge is -2.30. The second kappa shape index (κ2) is 6.27. The van der Waals surface area contributed by atoms with Crippen molar-refractivity contribution >= 4 is 11.3 Å². The first-order valence-corrected chi connectivity index (χ1v) is 7.66. The van der Waals surface area contributed by atoms with Crippen LogP contribution in [0.4, 0.5) is 8.78 Å². The first-order chi connectivity index (χ1) is 10.5. The molecule has 22 heavy (non-hydrogen) atoms. The van der Waals surface area contributed by atoms with Gasteiger partial charge >= 0.3 is 6.61 Å². The predicted molar refractivity (Wildman–Crippen MR) is 77.2 cm³/mol. The minimum absolute atomic E-state index is 0.00627. The molecule has 0 spiro atoms. The van der Waals surface area contributed by atoms with Gasteiger partial charge < -0.3 is 14.6 Å². The average Bonchev–Trinajstić information content (AvgIpc) is 3.05. The highest BCUT2D eigenvalue weighted by molar-refractivity contribution is 7.15. The third-order valence-corrected chi connectivity index (χ3v) is 4.50. The SMILES string of the molecule is Cc1cc(OC(F)F)c(-c2nc(C3CNCCN3C)no2)s1.